The summed E-state index contributed by atoms with van der Waals surface area (Å²) in [5, 5.41) is 0. The number of fused-ring (bicyclic) bond motifs is 1. The van der Waals surface area contributed by atoms with Gasteiger partial charge in [-0.1, -0.05) is 45.1 Å². The van der Waals surface area contributed by atoms with E-state index in [1.807, 2.05) is 6.08 Å². The van der Waals surface area contributed by atoms with Gasteiger partial charge in [0.1, 0.15) is 0 Å². The van der Waals surface area contributed by atoms with Crippen molar-refractivity contribution >= 4 is 5.78 Å². The van der Waals surface area contributed by atoms with Crippen LogP contribution in [0.5, 0.6) is 0 Å². The average Bonchev–Trinajstić information content (AvgIpc) is 2.40. The second-order valence-corrected chi connectivity index (χ2v) is 6.87. The van der Waals surface area contributed by atoms with E-state index >= 15 is 0 Å². The zero-order valence-electron chi connectivity index (χ0n) is 11.5. The Hall–Kier alpha value is -1.11. The van der Waals surface area contributed by atoms with E-state index in [1.165, 1.54) is 19.3 Å². The molecule has 18 heavy (non-hydrogen) atoms. The molecule has 2 saturated carbocycles. The van der Waals surface area contributed by atoms with Crippen LogP contribution in [0, 0.1) is 16.7 Å². The van der Waals surface area contributed by atoms with Crippen molar-refractivity contribution in [2.75, 3.05) is 0 Å². The number of Topliss-reactive ketones (excluding diaryl/α,β-unsaturated/α-hetero) is 1. The zero-order chi connectivity index (χ0) is 13.0. The summed E-state index contributed by atoms with van der Waals surface area (Å²) in [5.74, 6) is 0.779. The molecule has 2 bridgehead atoms. The van der Waals surface area contributed by atoms with E-state index < -0.39 is 0 Å². The van der Waals surface area contributed by atoms with Gasteiger partial charge in [0.15, 0.2) is 5.78 Å². The predicted molar refractivity (Wildman–Crippen MR) is 74.2 cm³/mol. The molecule has 2 fully saturated rings. The molecule has 3 aliphatic rings. The normalized spacial score (nSPS) is 37.9. The number of hydrogen-bond donors (Lipinski definition) is 0. The Morgan fingerprint density at radius 3 is 2.89 bits per heavy atom. The van der Waals surface area contributed by atoms with Gasteiger partial charge in [0.05, 0.1) is 0 Å². The lowest BCUT2D eigenvalue weighted by Gasteiger charge is -2.55. The summed E-state index contributed by atoms with van der Waals surface area (Å²) < 4.78 is 0. The van der Waals surface area contributed by atoms with Crippen molar-refractivity contribution in [3.8, 4) is 0 Å². The summed E-state index contributed by atoms with van der Waals surface area (Å²) in [6.07, 6.45) is 11.8. The van der Waals surface area contributed by atoms with Gasteiger partial charge in [-0.05, 0) is 36.2 Å². The van der Waals surface area contributed by atoms with Crippen LogP contribution in [0.2, 0.25) is 0 Å². The average molecular weight is 242 g/mol. The second-order valence-electron chi connectivity index (χ2n) is 6.87. The minimum atomic E-state index is 0.161. The van der Waals surface area contributed by atoms with Crippen LogP contribution in [-0.2, 0) is 4.79 Å². The summed E-state index contributed by atoms with van der Waals surface area (Å²) in [6, 6.07) is 0. The van der Waals surface area contributed by atoms with Crippen molar-refractivity contribution < 1.29 is 4.79 Å². The monoisotopic (exact) mass is 242 g/mol. The van der Waals surface area contributed by atoms with Gasteiger partial charge < -0.3 is 0 Å². The molecule has 3 aliphatic carbocycles. The first-order valence-corrected chi connectivity index (χ1v) is 7.07. The third kappa shape index (κ3) is 1.43. The SMILES string of the molecule is C=C1C2=CC=CCC13CCCC(C)(C)[C@@H]3CC2=O. The van der Waals surface area contributed by atoms with E-state index in [0.29, 0.717) is 11.7 Å². The van der Waals surface area contributed by atoms with E-state index in [-0.39, 0.29) is 10.8 Å². The number of hydrogen-bond acceptors (Lipinski definition) is 1. The third-order valence-electron chi connectivity index (χ3n) is 5.55. The molecule has 0 N–H and O–H groups in total. The summed E-state index contributed by atoms with van der Waals surface area (Å²) in [6.45, 7) is 8.99. The Labute approximate surface area is 110 Å². The largest absolute Gasteiger partial charge is 0.294 e. The first-order valence-electron chi connectivity index (χ1n) is 7.07. The van der Waals surface area contributed by atoms with E-state index in [0.717, 1.165) is 24.0 Å². The first kappa shape index (κ1) is 12.0. The van der Waals surface area contributed by atoms with Crippen molar-refractivity contribution in [3.05, 3.63) is 36.0 Å². The lowest BCUT2D eigenvalue weighted by atomic mass is 9.48. The number of carbonyl (C=O) groups is 1. The molecule has 0 aliphatic heterocycles. The van der Waals surface area contributed by atoms with Crippen LogP contribution >= 0.6 is 0 Å². The van der Waals surface area contributed by atoms with Gasteiger partial charge in [-0.2, -0.15) is 0 Å². The van der Waals surface area contributed by atoms with Crippen LogP contribution in [0.15, 0.2) is 36.0 Å². The van der Waals surface area contributed by atoms with Crippen molar-refractivity contribution in [1.82, 2.24) is 0 Å². The molecule has 1 heteroatoms. The molecular weight excluding hydrogens is 220 g/mol. The fraction of sp³-hybridized carbons (Fsp3) is 0.588. The fourth-order valence-corrected chi connectivity index (χ4v) is 4.52. The highest BCUT2D eigenvalue weighted by Crippen LogP contribution is 2.62. The van der Waals surface area contributed by atoms with E-state index in [1.54, 1.807) is 0 Å². The van der Waals surface area contributed by atoms with Crippen LogP contribution in [0.4, 0.5) is 0 Å². The Bertz CT molecular complexity index is 478. The van der Waals surface area contributed by atoms with Crippen molar-refractivity contribution in [2.24, 2.45) is 16.7 Å². The Morgan fingerprint density at radius 2 is 2.11 bits per heavy atom. The number of ketones is 1. The van der Waals surface area contributed by atoms with Gasteiger partial charge in [0.25, 0.3) is 0 Å². The summed E-state index contributed by atoms with van der Waals surface area (Å²) in [5.41, 5.74) is 2.45. The van der Waals surface area contributed by atoms with Gasteiger partial charge >= 0.3 is 0 Å². The topological polar surface area (TPSA) is 17.1 Å². The van der Waals surface area contributed by atoms with Crippen LogP contribution < -0.4 is 0 Å². The Morgan fingerprint density at radius 1 is 1.33 bits per heavy atom. The van der Waals surface area contributed by atoms with Gasteiger partial charge in [0.2, 0.25) is 0 Å². The fourth-order valence-electron chi connectivity index (χ4n) is 4.52. The van der Waals surface area contributed by atoms with Gasteiger partial charge in [-0.25, -0.2) is 0 Å². The van der Waals surface area contributed by atoms with Crippen molar-refractivity contribution in [1.29, 1.82) is 0 Å². The molecule has 0 saturated heterocycles. The third-order valence-corrected chi connectivity index (χ3v) is 5.55. The molecule has 0 aromatic heterocycles. The lowest BCUT2D eigenvalue weighted by Crippen LogP contribution is -2.49. The molecule has 1 nitrogen and oxygen atoms in total. The molecule has 0 heterocycles. The highest BCUT2D eigenvalue weighted by Gasteiger charge is 2.54. The van der Waals surface area contributed by atoms with E-state index in [4.69, 9.17) is 0 Å². The summed E-state index contributed by atoms with van der Waals surface area (Å²) in [4.78, 5) is 12.3. The van der Waals surface area contributed by atoms with E-state index in [2.05, 4.69) is 32.6 Å². The summed E-state index contributed by atoms with van der Waals surface area (Å²) >= 11 is 0. The lowest BCUT2D eigenvalue weighted by molar-refractivity contribution is -0.122. The summed E-state index contributed by atoms with van der Waals surface area (Å²) in [7, 11) is 0. The van der Waals surface area contributed by atoms with Crippen LogP contribution in [-0.4, -0.2) is 5.78 Å². The molecule has 1 spiro atoms. The predicted octanol–water partition coefficient (Wildman–Crippen LogP) is 4.21. The minimum absolute atomic E-state index is 0.161. The quantitative estimate of drug-likeness (QED) is 0.621. The maximum atomic E-state index is 12.3. The van der Waals surface area contributed by atoms with Crippen molar-refractivity contribution in [2.45, 2.75) is 46.0 Å². The Kier molecular flexibility index (Phi) is 2.45. The molecule has 96 valence electrons. The van der Waals surface area contributed by atoms with Crippen LogP contribution in [0.3, 0.4) is 0 Å². The van der Waals surface area contributed by atoms with Crippen LogP contribution in [0.25, 0.3) is 0 Å². The Balaban J connectivity index is 2.15. The first-order chi connectivity index (χ1) is 8.47. The zero-order valence-corrected chi connectivity index (χ0v) is 11.5. The molecule has 3 rings (SSSR count). The number of rotatable bonds is 0. The van der Waals surface area contributed by atoms with Gasteiger partial charge in [0, 0.05) is 17.4 Å². The molecule has 0 radical (unpaired) electrons. The minimum Gasteiger partial charge on any atom is -0.294 e. The van der Waals surface area contributed by atoms with Crippen LogP contribution in [0.1, 0.15) is 46.0 Å². The van der Waals surface area contributed by atoms with Gasteiger partial charge in [-0.15, -0.1) is 0 Å². The van der Waals surface area contributed by atoms with E-state index in [9.17, 15) is 4.79 Å². The molecular formula is C17H22O. The molecule has 0 aromatic carbocycles. The molecule has 0 amide bonds. The van der Waals surface area contributed by atoms with Gasteiger partial charge in [-0.3, -0.25) is 4.79 Å². The number of carbonyl (C=O) groups excluding carboxylic acids is 1. The highest BCUT2D eigenvalue weighted by molar-refractivity contribution is 6.01. The standard InChI is InChI=1S/C17H22O/c1-12-13-7-4-5-9-17(12)10-6-8-16(2,3)15(17)11-14(13)18/h4-5,7,15H,1,6,8-11H2,2-3H3/t15-,17?/m0/s1. The maximum Gasteiger partial charge on any atom is 0.163 e. The smallest absolute Gasteiger partial charge is 0.163 e. The highest BCUT2D eigenvalue weighted by atomic mass is 16.1. The van der Waals surface area contributed by atoms with Crippen molar-refractivity contribution in [3.63, 3.8) is 0 Å². The number of allylic oxidation sites excluding steroid dienone is 5. The molecule has 1 unspecified atom stereocenters. The molecule has 2 atom stereocenters. The molecule has 0 aromatic rings. The maximum absolute atomic E-state index is 12.3. The second kappa shape index (κ2) is 3.69.